The predicted molar refractivity (Wildman–Crippen MR) is 86.1 cm³/mol. The summed E-state index contributed by atoms with van der Waals surface area (Å²) >= 11 is 0. The molecule has 0 bridgehead atoms. The van der Waals surface area contributed by atoms with Crippen LogP contribution >= 0.6 is 0 Å². The zero-order valence-corrected chi connectivity index (χ0v) is 13.5. The van der Waals surface area contributed by atoms with Crippen LogP contribution in [0, 0.1) is 6.92 Å². The van der Waals surface area contributed by atoms with Gasteiger partial charge in [-0.3, -0.25) is 4.79 Å². The number of hydrogen-bond donors (Lipinski definition) is 2. The van der Waals surface area contributed by atoms with E-state index in [1.54, 1.807) is 30.4 Å². The summed E-state index contributed by atoms with van der Waals surface area (Å²) in [5.74, 6) is 1.06. The van der Waals surface area contributed by atoms with Crippen LogP contribution in [0.25, 0.3) is 0 Å². The molecule has 0 aromatic carbocycles. The number of amides is 1. The normalized spacial score (nSPS) is 13.1. The molecule has 1 aliphatic rings. The van der Waals surface area contributed by atoms with Crippen molar-refractivity contribution < 1.29 is 14.0 Å². The van der Waals surface area contributed by atoms with Gasteiger partial charge >= 0.3 is 0 Å². The number of nitrogens with zero attached hydrogens (tertiary/aromatic N) is 3. The van der Waals surface area contributed by atoms with E-state index in [0.717, 1.165) is 22.5 Å². The fraction of sp³-hybridized carbons (Fsp3) is 0.312. The Balaban J connectivity index is 1.76. The highest BCUT2D eigenvalue weighted by molar-refractivity contribution is 5.99. The van der Waals surface area contributed by atoms with Crippen LogP contribution in [0.3, 0.4) is 0 Å². The summed E-state index contributed by atoms with van der Waals surface area (Å²) in [6.07, 6.45) is 3.26. The molecule has 2 N–H and O–H groups in total. The number of carbonyl (C=O) groups is 1. The highest BCUT2D eigenvalue weighted by Gasteiger charge is 2.29. The maximum absolute atomic E-state index is 12.5. The molecule has 1 amide bonds. The van der Waals surface area contributed by atoms with Crippen LogP contribution in [-0.2, 0) is 13.1 Å². The maximum atomic E-state index is 12.5. The molecule has 126 valence electrons. The average Bonchev–Trinajstić information content (AvgIpc) is 2.90. The summed E-state index contributed by atoms with van der Waals surface area (Å²) in [7, 11) is 1.79. The Labute approximate surface area is 138 Å². The van der Waals surface area contributed by atoms with E-state index < -0.39 is 0 Å². The Morgan fingerprint density at radius 2 is 2.25 bits per heavy atom. The van der Waals surface area contributed by atoms with E-state index in [1.165, 1.54) is 5.54 Å². The zero-order chi connectivity index (χ0) is 17.1. The summed E-state index contributed by atoms with van der Waals surface area (Å²) in [5.41, 5.74) is 4.66. The first-order valence-corrected chi connectivity index (χ1v) is 7.50. The summed E-state index contributed by atoms with van der Waals surface area (Å²) < 4.78 is 17.1. The van der Waals surface area contributed by atoms with Crippen molar-refractivity contribution in [2.75, 3.05) is 19.1 Å². The molecule has 1 aliphatic heterocycles. The van der Waals surface area contributed by atoms with Crippen molar-refractivity contribution in [1.29, 1.82) is 0 Å². The molecule has 0 spiro atoms. The van der Waals surface area contributed by atoms with E-state index in [2.05, 4.69) is 15.3 Å². The van der Waals surface area contributed by atoms with Crippen molar-refractivity contribution in [3.8, 4) is 5.88 Å². The molecule has 2 aromatic rings. The van der Waals surface area contributed by atoms with Crippen molar-refractivity contribution in [1.82, 2.24) is 20.4 Å². The molecular formula is C16H18FN5O2. The second kappa shape index (κ2) is 6.79. The molecular weight excluding hydrogens is 313 g/mol. The molecule has 2 aromatic heterocycles. The molecule has 0 atom stereocenters. The smallest absolute Gasteiger partial charge is 0.255 e. The van der Waals surface area contributed by atoms with Gasteiger partial charge in [-0.25, -0.2) is 9.97 Å². The number of aryl methyl sites for hydroxylation is 1. The fourth-order valence-corrected chi connectivity index (χ4v) is 2.80. The zero-order valence-electron chi connectivity index (χ0n) is 13.5. The first-order valence-electron chi connectivity index (χ1n) is 7.50. The fourth-order valence-electron chi connectivity index (χ4n) is 2.80. The number of ether oxygens (including phenoxy) is 1. The third kappa shape index (κ3) is 3.00. The molecule has 8 heteroatoms. The van der Waals surface area contributed by atoms with Gasteiger partial charge in [0, 0.05) is 42.7 Å². The van der Waals surface area contributed by atoms with Crippen molar-refractivity contribution in [3.05, 3.63) is 46.8 Å². The van der Waals surface area contributed by atoms with Crippen LogP contribution in [0.5, 0.6) is 5.88 Å². The van der Waals surface area contributed by atoms with E-state index in [4.69, 9.17) is 4.74 Å². The Bertz CT molecular complexity index is 768. The summed E-state index contributed by atoms with van der Waals surface area (Å²) in [6, 6.07) is 3.62. The molecule has 0 radical (unpaired) electrons. The van der Waals surface area contributed by atoms with Gasteiger partial charge < -0.3 is 15.0 Å². The topological polar surface area (TPSA) is 79.4 Å². The summed E-state index contributed by atoms with van der Waals surface area (Å²) in [6.45, 7) is 2.51. The van der Waals surface area contributed by atoms with Gasteiger partial charge in [0.25, 0.3) is 5.91 Å². The lowest BCUT2D eigenvalue weighted by atomic mass is 10.1. The molecule has 0 unspecified atom stereocenters. The van der Waals surface area contributed by atoms with Gasteiger partial charge in [-0.15, -0.1) is 10.0 Å². The molecule has 24 heavy (non-hydrogen) atoms. The van der Waals surface area contributed by atoms with Gasteiger partial charge in [-0.05, 0) is 24.6 Å². The molecule has 0 saturated heterocycles. The number of anilines is 1. The van der Waals surface area contributed by atoms with E-state index in [-0.39, 0.29) is 12.6 Å². The number of nitrogens with one attached hydrogen (secondary N) is 2. The number of pyridine rings is 2. The number of carbonyl (C=O) groups excluding carboxylic acids is 1. The Hall–Kier alpha value is -2.74. The highest BCUT2D eigenvalue weighted by atomic mass is 19.2. The number of halogens is 1. The molecule has 7 nitrogen and oxygen atoms in total. The predicted octanol–water partition coefficient (Wildman–Crippen LogP) is 1.79. The van der Waals surface area contributed by atoms with E-state index in [1.807, 2.05) is 13.0 Å². The molecule has 0 fully saturated rings. The number of fused-ring (bicyclic) bond motifs is 1. The third-order valence-corrected chi connectivity index (χ3v) is 3.88. The minimum atomic E-state index is -0.257. The SMILES string of the molecule is CNc1nccc2c1CN(Cc1cnc(OCNF)c(C)c1)C2=O. The average molecular weight is 331 g/mol. The van der Waals surface area contributed by atoms with Gasteiger partial charge in [-0.2, -0.15) is 0 Å². The Kier molecular flexibility index (Phi) is 4.57. The van der Waals surface area contributed by atoms with Crippen LogP contribution in [0.4, 0.5) is 10.3 Å². The van der Waals surface area contributed by atoms with Crippen LogP contribution in [0.15, 0.2) is 24.5 Å². The third-order valence-electron chi connectivity index (χ3n) is 3.88. The maximum Gasteiger partial charge on any atom is 0.255 e. The van der Waals surface area contributed by atoms with Gasteiger partial charge in [0.05, 0.1) is 6.54 Å². The summed E-state index contributed by atoms with van der Waals surface area (Å²) in [4.78, 5) is 22.7. The van der Waals surface area contributed by atoms with E-state index in [9.17, 15) is 9.28 Å². The summed E-state index contributed by atoms with van der Waals surface area (Å²) in [5, 5.41) is 3.01. The van der Waals surface area contributed by atoms with E-state index in [0.29, 0.717) is 24.5 Å². The Morgan fingerprint density at radius 1 is 1.42 bits per heavy atom. The van der Waals surface area contributed by atoms with Crippen LogP contribution in [0.1, 0.15) is 27.0 Å². The van der Waals surface area contributed by atoms with Gasteiger partial charge in [0.15, 0.2) is 6.73 Å². The van der Waals surface area contributed by atoms with Crippen LogP contribution < -0.4 is 15.6 Å². The standard InChI is InChI=1S/C16H18FN5O2/c1-10-5-11(6-20-15(10)24-9-21-17)7-22-8-13-12(16(22)23)3-4-19-14(13)18-2/h3-6,21H,7-9H2,1-2H3,(H,18,19). The Morgan fingerprint density at radius 3 is 2.96 bits per heavy atom. The molecule has 0 aliphatic carbocycles. The number of rotatable bonds is 6. The van der Waals surface area contributed by atoms with Crippen molar-refractivity contribution >= 4 is 11.7 Å². The lowest BCUT2D eigenvalue weighted by molar-refractivity contribution is 0.0766. The lowest BCUT2D eigenvalue weighted by Gasteiger charge is -2.16. The molecule has 3 heterocycles. The highest BCUT2D eigenvalue weighted by Crippen LogP contribution is 2.29. The van der Waals surface area contributed by atoms with Crippen molar-refractivity contribution in [2.24, 2.45) is 0 Å². The van der Waals surface area contributed by atoms with Crippen molar-refractivity contribution in [2.45, 2.75) is 20.0 Å². The monoisotopic (exact) mass is 331 g/mol. The van der Waals surface area contributed by atoms with E-state index >= 15 is 0 Å². The minimum absolute atomic E-state index is 0.0245. The van der Waals surface area contributed by atoms with Gasteiger partial charge in [-0.1, -0.05) is 0 Å². The van der Waals surface area contributed by atoms with Crippen molar-refractivity contribution in [3.63, 3.8) is 0 Å². The number of aromatic nitrogens is 2. The minimum Gasteiger partial charge on any atom is -0.459 e. The van der Waals surface area contributed by atoms with Gasteiger partial charge in [0.1, 0.15) is 5.82 Å². The number of hydrogen-bond acceptors (Lipinski definition) is 6. The first-order chi connectivity index (χ1) is 11.6. The van der Waals surface area contributed by atoms with Crippen LogP contribution in [-0.4, -0.2) is 34.6 Å². The van der Waals surface area contributed by atoms with Gasteiger partial charge in [0.2, 0.25) is 5.88 Å². The second-order valence-electron chi connectivity index (χ2n) is 5.48. The molecule has 0 saturated carbocycles. The first kappa shape index (κ1) is 16.1. The largest absolute Gasteiger partial charge is 0.459 e. The quantitative estimate of drug-likeness (QED) is 0.621. The second-order valence-corrected chi connectivity index (χ2v) is 5.48. The lowest BCUT2D eigenvalue weighted by Crippen LogP contribution is -2.23. The molecule has 3 rings (SSSR count). The van der Waals surface area contributed by atoms with Crippen LogP contribution in [0.2, 0.25) is 0 Å².